The molecule has 0 aliphatic carbocycles. The van der Waals surface area contributed by atoms with Crippen LogP contribution in [-0.2, 0) is 42.2 Å². The van der Waals surface area contributed by atoms with Crippen molar-refractivity contribution in [3.8, 4) is 0 Å². The highest BCUT2D eigenvalue weighted by Crippen LogP contribution is 2.43. The minimum atomic E-state index is -4.74. The highest BCUT2D eigenvalue weighted by Gasteiger charge is 2.28. The van der Waals surface area contributed by atoms with E-state index in [1.807, 2.05) is 0 Å². The molecule has 420 valence electrons. The first-order valence-corrected chi connectivity index (χ1v) is 31.0. The molecular formula is C60H109O11P. The zero-order valence-corrected chi connectivity index (χ0v) is 47.3. The van der Waals surface area contributed by atoms with Crippen molar-refractivity contribution in [3.63, 3.8) is 0 Å². The molecule has 2 N–H and O–H groups in total. The van der Waals surface area contributed by atoms with Crippen LogP contribution in [0.25, 0.3) is 0 Å². The summed E-state index contributed by atoms with van der Waals surface area (Å²) in [4.78, 5) is 48.5. The lowest BCUT2D eigenvalue weighted by molar-refractivity contribution is -0.161. The molecule has 0 spiro atoms. The van der Waals surface area contributed by atoms with Crippen molar-refractivity contribution in [2.24, 2.45) is 0 Å². The molecule has 3 unspecified atom stereocenters. The Morgan fingerprint density at radius 1 is 0.403 bits per heavy atom. The summed E-state index contributed by atoms with van der Waals surface area (Å²) in [7, 11) is -4.74. The number of unbranched alkanes of at least 4 members (excludes halogenated alkanes) is 30. The molecule has 0 saturated heterocycles. The fourth-order valence-corrected chi connectivity index (χ4v) is 9.07. The molecule has 0 aliphatic heterocycles. The van der Waals surface area contributed by atoms with Crippen LogP contribution >= 0.6 is 7.82 Å². The molecule has 0 aromatic carbocycles. The van der Waals surface area contributed by atoms with E-state index in [0.717, 1.165) is 103 Å². The Bertz CT molecular complexity index is 1400. The third-order valence-corrected chi connectivity index (χ3v) is 13.7. The number of hydrogen-bond donors (Lipinski definition) is 2. The summed E-state index contributed by atoms with van der Waals surface area (Å²) >= 11 is 0. The number of ether oxygens (including phenoxy) is 3. The van der Waals surface area contributed by atoms with E-state index in [2.05, 4.69) is 69.4 Å². The number of phosphoric acid groups is 1. The van der Waals surface area contributed by atoms with Crippen LogP contribution < -0.4 is 0 Å². The first kappa shape index (κ1) is 69.4. The van der Waals surface area contributed by atoms with Crippen LogP contribution in [0.1, 0.15) is 278 Å². The second-order valence-electron chi connectivity index (χ2n) is 19.8. The van der Waals surface area contributed by atoms with Crippen molar-refractivity contribution >= 4 is 25.7 Å². The van der Waals surface area contributed by atoms with Crippen molar-refractivity contribution in [1.29, 1.82) is 0 Å². The Balaban J connectivity index is 4.71. The summed E-state index contributed by atoms with van der Waals surface area (Å²) in [5.41, 5.74) is 0. The molecule has 11 nitrogen and oxygen atoms in total. The summed E-state index contributed by atoms with van der Waals surface area (Å²) in [6, 6.07) is 0. The topological polar surface area (TPSA) is 155 Å². The van der Waals surface area contributed by atoms with Crippen molar-refractivity contribution < 1.29 is 52.2 Å². The second-order valence-corrected chi connectivity index (χ2v) is 21.2. The highest BCUT2D eigenvalue weighted by atomic mass is 31.2. The molecule has 72 heavy (non-hydrogen) atoms. The summed E-state index contributed by atoms with van der Waals surface area (Å²) in [5, 5.41) is 9.80. The number of esters is 3. The SMILES string of the molecule is CC/C=C\C/C=C\C/C=C\C/C=C\CCCCCCCCC(=O)OCC(COP(=O)(O)OCC(CO)OC(=O)CCCCCCCCCCCCC)OC(=O)CCCCCCCCCCCCCCCCC. The summed E-state index contributed by atoms with van der Waals surface area (Å²) in [6.45, 7) is 4.54. The lowest BCUT2D eigenvalue weighted by atomic mass is 10.0. The largest absolute Gasteiger partial charge is 0.472 e. The molecule has 12 heteroatoms. The van der Waals surface area contributed by atoms with Crippen LogP contribution in [0.5, 0.6) is 0 Å². The highest BCUT2D eigenvalue weighted by molar-refractivity contribution is 7.47. The van der Waals surface area contributed by atoms with Crippen LogP contribution in [0.15, 0.2) is 48.6 Å². The van der Waals surface area contributed by atoms with Crippen LogP contribution in [-0.4, -0.2) is 66.5 Å². The first-order chi connectivity index (χ1) is 35.2. The van der Waals surface area contributed by atoms with E-state index in [9.17, 15) is 28.9 Å². The predicted octanol–water partition coefficient (Wildman–Crippen LogP) is 17.4. The maximum atomic E-state index is 12.9. The summed E-state index contributed by atoms with van der Waals surface area (Å²) in [6.07, 6.45) is 57.8. The third-order valence-electron chi connectivity index (χ3n) is 12.8. The molecule has 3 atom stereocenters. The molecule has 0 bridgehead atoms. The minimum absolute atomic E-state index is 0.169. The van der Waals surface area contributed by atoms with Crippen molar-refractivity contribution in [2.45, 2.75) is 290 Å². The Kier molecular flexibility index (Phi) is 52.7. The van der Waals surface area contributed by atoms with Gasteiger partial charge in [0.25, 0.3) is 0 Å². The normalized spacial score (nSPS) is 13.7. The lowest BCUT2D eigenvalue weighted by Crippen LogP contribution is -2.30. The van der Waals surface area contributed by atoms with E-state index < -0.39 is 57.8 Å². The molecule has 0 fully saturated rings. The lowest BCUT2D eigenvalue weighted by Gasteiger charge is -2.21. The van der Waals surface area contributed by atoms with Crippen molar-refractivity contribution in [3.05, 3.63) is 48.6 Å². The molecular weight excluding hydrogens is 928 g/mol. The monoisotopic (exact) mass is 1040 g/mol. The maximum absolute atomic E-state index is 12.9. The first-order valence-electron chi connectivity index (χ1n) is 29.5. The van der Waals surface area contributed by atoms with E-state index in [0.29, 0.717) is 19.3 Å². The van der Waals surface area contributed by atoms with Gasteiger partial charge in [-0.2, -0.15) is 0 Å². The molecule has 0 radical (unpaired) electrons. The third kappa shape index (κ3) is 52.3. The number of carbonyl (C=O) groups is 3. The predicted molar refractivity (Wildman–Crippen MR) is 298 cm³/mol. The van der Waals surface area contributed by atoms with Gasteiger partial charge >= 0.3 is 25.7 Å². The number of phosphoric ester groups is 1. The fraction of sp³-hybridized carbons (Fsp3) is 0.817. The van der Waals surface area contributed by atoms with Crippen molar-refractivity contribution in [1.82, 2.24) is 0 Å². The van der Waals surface area contributed by atoms with Gasteiger partial charge in [-0.1, -0.05) is 249 Å². The Hall–Kier alpha value is -2.56. The molecule has 0 aliphatic rings. The number of aliphatic hydroxyl groups is 1. The standard InChI is InChI=1S/C60H109O11P/c1-4-7-10-13-16-19-22-24-26-27-28-29-31-32-35-37-40-43-46-49-58(62)67-53-57(71-60(64)51-48-45-42-39-36-33-30-25-23-20-17-14-11-8-5-2)55-69-72(65,66)68-54-56(52-61)70-59(63)50-47-44-41-38-34-21-18-15-12-9-6-3/h7,10,16,19,24,26,28-29,56-57,61H,4-6,8-9,11-15,17-18,20-23,25,27,30-55H2,1-3H3,(H,65,66)/b10-7-,19-16-,26-24-,29-28-. The van der Waals surface area contributed by atoms with Gasteiger partial charge in [-0.25, -0.2) is 4.57 Å². The van der Waals surface area contributed by atoms with Crippen LogP contribution in [0.2, 0.25) is 0 Å². The van der Waals surface area contributed by atoms with E-state index in [-0.39, 0.29) is 25.9 Å². The maximum Gasteiger partial charge on any atom is 0.472 e. The van der Waals surface area contributed by atoms with E-state index in [1.54, 1.807) is 0 Å². The van der Waals surface area contributed by atoms with Gasteiger partial charge in [0.15, 0.2) is 6.10 Å². The molecule has 0 amide bonds. The number of aliphatic hydroxyl groups excluding tert-OH is 1. The molecule has 0 rings (SSSR count). The van der Waals surface area contributed by atoms with Crippen LogP contribution in [0.3, 0.4) is 0 Å². The second kappa shape index (κ2) is 54.7. The number of rotatable bonds is 55. The fourth-order valence-electron chi connectivity index (χ4n) is 8.29. The Morgan fingerprint density at radius 3 is 1.11 bits per heavy atom. The van der Waals surface area contributed by atoms with E-state index in [4.69, 9.17) is 23.3 Å². The zero-order valence-electron chi connectivity index (χ0n) is 46.4. The van der Waals surface area contributed by atoms with Gasteiger partial charge in [-0.05, 0) is 57.8 Å². The van der Waals surface area contributed by atoms with E-state index in [1.165, 1.54) is 116 Å². The van der Waals surface area contributed by atoms with Gasteiger partial charge in [0.1, 0.15) is 12.7 Å². The Labute approximate surface area is 441 Å². The molecule has 0 saturated carbocycles. The summed E-state index contributed by atoms with van der Waals surface area (Å²) in [5.74, 6) is -1.46. The zero-order chi connectivity index (χ0) is 52.7. The molecule has 0 aromatic rings. The number of hydrogen-bond acceptors (Lipinski definition) is 10. The van der Waals surface area contributed by atoms with Gasteiger partial charge in [0.2, 0.25) is 0 Å². The average molecular weight is 1040 g/mol. The Morgan fingerprint density at radius 2 is 0.722 bits per heavy atom. The van der Waals surface area contributed by atoms with Crippen molar-refractivity contribution in [2.75, 3.05) is 26.4 Å². The average Bonchev–Trinajstić information content (AvgIpc) is 3.37. The van der Waals surface area contributed by atoms with Crippen LogP contribution in [0, 0.1) is 0 Å². The summed E-state index contributed by atoms with van der Waals surface area (Å²) < 4.78 is 39.5. The quantitative estimate of drug-likeness (QED) is 0.0197. The number of carbonyl (C=O) groups excluding carboxylic acids is 3. The smallest absolute Gasteiger partial charge is 0.462 e. The van der Waals surface area contributed by atoms with Gasteiger partial charge in [-0.15, -0.1) is 0 Å². The van der Waals surface area contributed by atoms with Gasteiger partial charge in [0.05, 0.1) is 19.8 Å². The number of allylic oxidation sites excluding steroid dienone is 8. The molecule has 0 aromatic heterocycles. The molecule has 0 heterocycles. The minimum Gasteiger partial charge on any atom is -0.462 e. The van der Waals surface area contributed by atoms with Gasteiger partial charge in [-0.3, -0.25) is 23.4 Å². The van der Waals surface area contributed by atoms with Gasteiger partial charge < -0.3 is 24.2 Å². The van der Waals surface area contributed by atoms with Gasteiger partial charge in [0, 0.05) is 19.3 Å². The van der Waals surface area contributed by atoms with Crippen LogP contribution in [0.4, 0.5) is 0 Å². The van der Waals surface area contributed by atoms with E-state index >= 15 is 0 Å².